The third-order valence-electron chi connectivity index (χ3n) is 3.95. The summed E-state index contributed by atoms with van der Waals surface area (Å²) < 4.78 is 10.8. The highest BCUT2D eigenvalue weighted by Crippen LogP contribution is 2.34. The lowest BCUT2D eigenvalue weighted by Gasteiger charge is -2.29. The number of rotatable bonds is 3. The summed E-state index contributed by atoms with van der Waals surface area (Å²) in [6.07, 6.45) is 3.45. The molecule has 0 aliphatic carbocycles. The van der Waals surface area contributed by atoms with Crippen molar-refractivity contribution in [2.24, 2.45) is 0 Å². The summed E-state index contributed by atoms with van der Waals surface area (Å²) >= 11 is 6.33. The number of benzene rings is 1. The number of amides is 1. The molecule has 0 bridgehead atoms. The molecule has 0 saturated carbocycles. The molecular weight excluding hydrogens is 326 g/mol. The predicted molar refractivity (Wildman–Crippen MR) is 97.8 cm³/mol. The normalized spacial score (nSPS) is 15.1. The van der Waals surface area contributed by atoms with Gasteiger partial charge in [-0.25, -0.2) is 4.79 Å². The number of aryl methyl sites for hydroxylation is 1. The molecule has 132 valence electrons. The van der Waals surface area contributed by atoms with Crippen molar-refractivity contribution in [1.82, 2.24) is 4.90 Å². The molecular formula is C19H26ClNO3. The quantitative estimate of drug-likeness (QED) is 0.774. The summed E-state index contributed by atoms with van der Waals surface area (Å²) in [7, 11) is 1.63. The third-order valence-corrected chi connectivity index (χ3v) is 4.38. The summed E-state index contributed by atoms with van der Waals surface area (Å²) in [5, 5.41) is 0.676. The van der Waals surface area contributed by atoms with Crippen molar-refractivity contribution in [2.75, 3.05) is 20.2 Å². The van der Waals surface area contributed by atoms with Crippen LogP contribution in [0.2, 0.25) is 5.02 Å². The molecule has 0 unspecified atom stereocenters. The van der Waals surface area contributed by atoms with E-state index in [-0.39, 0.29) is 6.09 Å². The number of nitrogens with zero attached hydrogens (tertiary/aromatic N) is 1. The van der Waals surface area contributed by atoms with Gasteiger partial charge in [0.1, 0.15) is 11.4 Å². The van der Waals surface area contributed by atoms with Crippen molar-refractivity contribution in [2.45, 2.75) is 46.1 Å². The Hall–Kier alpha value is -1.68. The highest BCUT2D eigenvalue weighted by molar-refractivity contribution is 6.32. The topological polar surface area (TPSA) is 38.8 Å². The first-order chi connectivity index (χ1) is 11.2. The Labute approximate surface area is 149 Å². The van der Waals surface area contributed by atoms with E-state index in [1.807, 2.05) is 26.8 Å². The fourth-order valence-electron chi connectivity index (χ4n) is 2.67. The molecule has 0 spiro atoms. The molecule has 0 fully saturated rings. The van der Waals surface area contributed by atoms with Crippen LogP contribution in [0.5, 0.6) is 5.75 Å². The molecule has 4 nitrogen and oxygen atoms in total. The Morgan fingerprint density at radius 1 is 1.33 bits per heavy atom. The zero-order valence-electron chi connectivity index (χ0n) is 15.1. The van der Waals surface area contributed by atoms with Crippen LogP contribution in [0.1, 0.15) is 45.2 Å². The van der Waals surface area contributed by atoms with Crippen LogP contribution in [0.15, 0.2) is 18.2 Å². The maximum absolute atomic E-state index is 12.1. The number of hydrogen-bond acceptors (Lipinski definition) is 3. The molecule has 5 heteroatoms. The van der Waals surface area contributed by atoms with E-state index >= 15 is 0 Å². The smallest absolute Gasteiger partial charge is 0.410 e. The van der Waals surface area contributed by atoms with Crippen molar-refractivity contribution in [3.63, 3.8) is 0 Å². The molecule has 0 atom stereocenters. The van der Waals surface area contributed by atoms with Crippen molar-refractivity contribution in [3.8, 4) is 5.75 Å². The average Bonchev–Trinajstić information content (AvgIpc) is 2.53. The molecule has 0 N–H and O–H groups in total. The Morgan fingerprint density at radius 3 is 2.54 bits per heavy atom. The minimum absolute atomic E-state index is 0.263. The van der Waals surface area contributed by atoms with Gasteiger partial charge in [-0.1, -0.05) is 24.6 Å². The minimum atomic E-state index is -0.472. The van der Waals surface area contributed by atoms with Gasteiger partial charge in [-0.05, 0) is 62.4 Å². The largest absolute Gasteiger partial charge is 0.495 e. The Bertz CT molecular complexity index is 621. The lowest BCUT2D eigenvalue weighted by atomic mass is 9.96. The van der Waals surface area contributed by atoms with Crippen LogP contribution in [0.25, 0.3) is 5.57 Å². The van der Waals surface area contributed by atoms with Crippen molar-refractivity contribution in [1.29, 1.82) is 0 Å². The second-order valence-electron chi connectivity index (χ2n) is 6.91. The van der Waals surface area contributed by atoms with Gasteiger partial charge >= 0.3 is 6.09 Å². The predicted octanol–water partition coefficient (Wildman–Crippen LogP) is 4.94. The van der Waals surface area contributed by atoms with Crippen molar-refractivity contribution in [3.05, 3.63) is 34.4 Å². The van der Waals surface area contributed by atoms with E-state index in [0.717, 1.165) is 24.0 Å². The number of ether oxygens (including phenoxy) is 2. The van der Waals surface area contributed by atoms with Crippen LogP contribution >= 0.6 is 11.6 Å². The SMILES string of the molecule is CCc1cc(C2=CCN(C(=O)OC(C)(C)C)CC2)cc(OC)c1Cl. The molecule has 1 aliphatic rings. The van der Waals surface area contributed by atoms with Crippen molar-refractivity contribution >= 4 is 23.3 Å². The molecule has 2 rings (SSSR count). The minimum Gasteiger partial charge on any atom is -0.495 e. The van der Waals surface area contributed by atoms with Gasteiger partial charge in [0, 0.05) is 13.1 Å². The number of halogens is 1. The number of carbonyl (C=O) groups is 1. The monoisotopic (exact) mass is 351 g/mol. The Balaban J connectivity index is 2.17. The number of methoxy groups -OCH3 is 1. The van der Waals surface area contributed by atoms with Crippen LogP contribution in [-0.4, -0.2) is 36.8 Å². The summed E-state index contributed by atoms with van der Waals surface area (Å²) in [6, 6.07) is 4.08. The lowest BCUT2D eigenvalue weighted by Crippen LogP contribution is -2.39. The highest BCUT2D eigenvalue weighted by Gasteiger charge is 2.24. The zero-order valence-corrected chi connectivity index (χ0v) is 15.9. The molecule has 24 heavy (non-hydrogen) atoms. The van der Waals surface area contributed by atoms with Crippen LogP contribution in [-0.2, 0) is 11.2 Å². The molecule has 0 aromatic heterocycles. The molecule has 1 heterocycles. The maximum atomic E-state index is 12.1. The van der Waals surface area contributed by atoms with Gasteiger partial charge < -0.3 is 14.4 Å². The van der Waals surface area contributed by atoms with E-state index in [1.165, 1.54) is 5.57 Å². The first-order valence-corrected chi connectivity index (χ1v) is 8.66. The highest BCUT2D eigenvalue weighted by atomic mass is 35.5. The number of carbonyl (C=O) groups excluding carboxylic acids is 1. The van der Waals surface area contributed by atoms with Gasteiger partial charge in [-0.3, -0.25) is 0 Å². The molecule has 1 aliphatic heterocycles. The standard InChI is InChI=1S/C19H26ClNO3/c1-6-13-11-15(12-16(23-5)17(13)20)14-7-9-21(10-8-14)18(22)24-19(2,3)4/h7,11-12H,6,8-10H2,1-5H3. The van der Waals surface area contributed by atoms with E-state index in [1.54, 1.807) is 12.0 Å². The third kappa shape index (κ3) is 4.44. The second-order valence-corrected chi connectivity index (χ2v) is 7.29. The van der Waals surface area contributed by atoms with E-state index in [2.05, 4.69) is 19.1 Å². The summed E-state index contributed by atoms with van der Waals surface area (Å²) in [5.41, 5.74) is 2.92. The molecule has 1 amide bonds. The molecule has 0 radical (unpaired) electrons. The van der Waals surface area contributed by atoms with Crippen LogP contribution in [0, 0.1) is 0 Å². The van der Waals surface area contributed by atoms with E-state index < -0.39 is 5.60 Å². The van der Waals surface area contributed by atoms with Crippen molar-refractivity contribution < 1.29 is 14.3 Å². The van der Waals surface area contributed by atoms with Gasteiger partial charge in [-0.2, -0.15) is 0 Å². The molecule has 1 aromatic carbocycles. The van der Waals surface area contributed by atoms with Crippen LogP contribution in [0.3, 0.4) is 0 Å². The lowest BCUT2D eigenvalue weighted by molar-refractivity contribution is 0.0270. The van der Waals surface area contributed by atoms with Gasteiger partial charge in [0.2, 0.25) is 0 Å². The summed E-state index contributed by atoms with van der Waals surface area (Å²) in [4.78, 5) is 13.9. The van der Waals surface area contributed by atoms with Gasteiger partial charge in [0.05, 0.1) is 12.1 Å². The van der Waals surface area contributed by atoms with Crippen LogP contribution < -0.4 is 4.74 Å². The van der Waals surface area contributed by atoms with Gasteiger partial charge in [0.15, 0.2) is 0 Å². The first kappa shape index (κ1) is 18.7. The van der Waals surface area contributed by atoms with Gasteiger partial charge in [0.25, 0.3) is 0 Å². The first-order valence-electron chi connectivity index (χ1n) is 8.29. The Kier molecular flexibility index (Phi) is 5.81. The summed E-state index contributed by atoms with van der Waals surface area (Å²) in [5.74, 6) is 0.696. The van der Waals surface area contributed by atoms with Crippen LogP contribution in [0.4, 0.5) is 4.79 Å². The Morgan fingerprint density at radius 2 is 2.04 bits per heavy atom. The zero-order chi connectivity index (χ0) is 17.9. The van der Waals surface area contributed by atoms with Gasteiger partial charge in [-0.15, -0.1) is 0 Å². The van der Waals surface area contributed by atoms with E-state index in [4.69, 9.17) is 21.1 Å². The number of hydrogen-bond donors (Lipinski definition) is 0. The second kappa shape index (κ2) is 7.47. The molecule has 0 saturated heterocycles. The fraction of sp³-hybridized carbons (Fsp3) is 0.526. The molecule has 1 aromatic rings. The summed E-state index contributed by atoms with van der Waals surface area (Å²) in [6.45, 7) is 8.90. The maximum Gasteiger partial charge on any atom is 0.410 e. The fourth-order valence-corrected chi connectivity index (χ4v) is 2.99. The van der Waals surface area contributed by atoms with E-state index in [9.17, 15) is 4.79 Å². The van der Waals surface area contributed by atoms with E-state index in [0.29, 0.717) is 23.9 Å². The average molecular weight is 352 g/mol.